The van der Waals surface area contributed by atoms with Crippen LogP contribution in [0.25, 0.3) is 0 Å². The highest BCUT2D eigenvalue weighted by atomic mass is 16.4. The first-order valence-corrected chi connectivity index (χ1v) is 3.70. The molecular formula is C6H14N2O4. The molecule has 1 fully saturated rings. The molecule has 6 heteroatoms. The van der Waals surface area contributed by atoms with Crippen LogP contribution in [-0.4, -0.2) is 56.9 Å². The van der Waals surface area contributed by atoms with Crippen LogP contribution in [0, 0.1) is 0 Å². The summed E-state index contributed by atoms with van der Waals surface area (Å²) in [4.78, 5) is 0. The Bertz CT molecular complexity index is 109. The SMILES string of the molecule is NC1C(N)C(O)C(O)C(O)C1O. The van der Waals surface area contributed by atoms with Gasteiger partial charge >= 0.3 is 0 Å². The van der Waals surface area contributed by atoms with Crippen molar-refractivity contribution < 1.29 is 20.4 Å². The van der Waals surface area contributed by atoms with Gasteiger partial charge in [0.2, 0.25) is 0 Å². The molecule has 72 valence electrons. The summed E-state index contributed by atoms with van der Waals surface area (Å²) in [6.45, 7) is 0. The third kappa shape index (κ3) is 1.33. The van der Waals surface area contributed by atoms with Crippen molar-refractivity contribution in [3.63, 3.8) is 0 Å². The van der Waals surface area contributed by atoms with Gasteiger partial charge in [-0.3, -0.25) is 0 Å². The van der Waals surface area contributed by atoms with Gasteiger partial charge in [-0.05, 0) is 0 Å². The average molecular weight is 178 g/mol. The Kier molecular flexibility index (Phi) is 2.67. The van der Waals surface area contributed by atoms with E-state index in [0.29, 0.717) is 0 Å². The maximum Gasteiger partial charge on any atom is 0.110 e. The molecule has 0 radical (unpaired) electrons. The lowest BCUT2D eigenvalue weighted by Gasteiger charge is -2.40. The Balaban J connectivity index is 2.76. The van der Waals surface area contributed by atoms with Crippen molar-refractivity contribution in [2.45, 2.75) is 36.5 Å². The molecule has 0 bridgehead atoms. The molecule has 0 aromatic rings. The molecule has 0 heterocycles. The molecule has 0 amide bonds. The van der Waals surface area contributed by atoms with Crippen LogP contribution < -0.4 is 11.5 Å². The third-order valence-electron chi connectivity index (χ3n) is 2.28. The number of aliphatic hydroxyl groups excluding tert-OH is 4. The van der Waals surface area contributed by atoms with E-state index in [1.165, 1.54) is 0 Å². The van der Waals surface area contributed by atoms with E-state index in [0.717, 1.165) is 0 Å². The van der Waals surface area contributed by atoms with Gasteiger partial charge in [-0.25, -0.2) is 0 Å². The van der Waals surface area contributed by atoms with Gasteiger partial charge in [0.1, 0.15) is 12.2 Å². The van der Waals surface area contributed by atoms with Gasteiger partial charge in [0.15, 0.2) is 0 Å². The Hall–Kier alpha value is -0.240. The first-order valence-electron chi connectivity index (χ1n) is 3.70. The highest BCUT2D eigenvalue weighted by molar-refractivity contribution is 5.02. The smallest absolute Gasteiger partial charge is 0.110 e. The van der Waals surface area contributed by atoms with Gasteiger partial charge in [-0.15, -0.1) is 0 Å². The minimum absolute atomic E-state index is 0.918. The fourth-order valence-corrected chi connectivity index (χ4v) is 1.31. The van der Waals surface area contributed by atoms with E-state index < -0.39 is 36.5 Å². The van der Waals surface area contributed by atoms with Gasteiger partial charge in [-0.2, -0.15) is 0 Å². The second-order valence-electron chi connectivity index (χ2n) is 3.12. The van der Waals surface area contributed by atoms with E-state index in [9.17, 15) is 10.2 Å². The van der Waals surface area contributed by atoms with E-state index in [1.54, 1.807) is 0 Å². The zero-order valence-corrected chi connectivity index (χ0v) is 6.41. The van der Waals surface area contributed by atoms with Crippen LogP contribution in [-0.2, 0) is 0 Å². The summed E-state index contributed by atoms with van der Waals surface area (Å²) in [5.41, 5.74) is 10.7. The van der Waals surface area contributed by atoms with Crippen molar-refractivity contribution in [3.05, 3.63) is 0 Å². The monoisotopic (exact) mass is 178 g/mol. The van der Waals surface area contributed by atoms with Crippen molar-refractivity contribution in [2.75, 3.05) is 0 Å². The Morgan fingerprint density at radius 2 is 0.833 bits per heavy atom. The lowest BCUT2D eigenvalue weighted by atomic mass is 9.82. The van der Waals surface area contributed by atoms with E-state index >= 15 is 0 Å². The second kappa shape index (κ2) is 3.25. The average Bonchev–Trinajstić information content (AvgIpc) is 2.08. The van der Waals surface area contributed by atoms with Crippen molar-refractivity contribution in [1.82, 2.24) is 0 Å². The zero-order chi connectivity index (χ0) is 9.46. The zero-order valence-electron chi connectivity index (χ0n) is 6.41. The summed E-state index contributed by atoms with van der Waals surface area (Å²) in [5, 5.41) is 36.6. The molecule has 0 aromatic carbocycles. The van der Waals surface area contributed by atoms with Crippen LogP contribution in [0.15, 0.2) is 0 Å². The van der Waals surface area contributed by atoms with Crippen molar-refractivity contribution in [1.29, 1.82) is 0 Å². The molecule has 0 aliphatic heterocycles. The quantitative estimate of drug-likeness (QED) is 0.224. The molecule has 1 aliphatic rings. The second-order valence-corrected chi connectivity index (χ2v) is 3.12. The normalized spacial score (nSPS) is 55.5. The van der Waals surface area contributed by atoms with E-state index in [4.69, 9.17) is 21.7 Å². The molecule has 6 atom stereocenters. The summed E-state index contributed by atoms with van der Waals surface area (Å²) in [5.74, 6) is 0. The van der Waals surface area contributed by atoms with Gasteiger partial charge in [0.05, 0.1) is 24.3 Å². The van der Waals surface area contributed by atoms with E-state index in [2.05, 4.69) is 0 Å². The molecule has 0 saturated heterocycles. The molecule has 12 heavy (non-hydrogen) atoms. The summed E-state index contributed by atoms with van der Waals surface area (Å²) in [7, 11) is 0. The molecule has 6 nitrogen and oxygen atoms in total. The van der Waals surface area contributed by atoms with E-state index in [-0.39, 0.29) is 0 Å². The number of aliphatic hydroxyl groups is 4. The maximum absolute atomic E-state index is 9.18. The molecule has 1 saturated carbocycles. The van der Waals surface area contributed by atoms with Gasteiger partial charge in [0, 0.05) is 0 Å². The fraction of sp³-hybridized carbons (Fsp3) is 1.00. The van der Waals surface area contributed by atoms with Crippen LogP contribution in [0.5, 0.6) is 0 Å². The van der Waals surface area contributed by atoms with Crippen molar-refractivity contribution >= 4 is 0 Å². The van der Waals surface area contributed by atoms with Crippen LogP contribution >= 0.6 is 0 Å². The van der Waals surface area contributed by atoms with Crippen LogP contribution in [0.2, 0.25) is 0 Å². The molecule has 0 spiro atoms. The van der Waals surface area contributed by atoms with E-state index in [1.807, 2.05) is 0 Å². The summed E-state index contributed by atoms with van der Waals surface area (Å²) < 4.78 is 0. The third-order valence-corrected chi connectivity index (χ3v) is 2.28. The molecule has 6 unspecified atom stereocenters. The Morgan fingerprint density at radius 1 is 0.583 bits per heavy atom. The number of hydrogen-bond donors (Lipinski definition) is 6. The lowest BCUT2D eigenvalue weighted by Crippen LogP contribution is -2.69. The maximum atomic E-state index is 9.18. The number of nitrogens with two attached hydrogens (primary N) is 2. The highest BCUT2D eigenvalue weighted by Gasteiger charge is 2.45. The first-order chi connectivity index (χ1) is 5.46. The Morgan fingerprint density at radius 3 is 1.08 bits per heavy atom. The van der Waals surface area contributed by atoms with Gasteiger partial charge in [-0.1, -0.05) is 0 Å². The molecule has 1 rings (SSSR count). The number of hydrogen-bond acceptors (Lipinski definition) is 6. The van der Waals surface area contributed by atoms with Crippen LogP contribution in [0.4, 0.5) is 0 Å². The predicted molar refractivity (Wildman–Crippen MR) is 40.0 cm³/mol. The highest BCUT2D eigenvalue weighted by Crippen LogP contribution is 2.18. The van der Waals surface area contributed by atoms with Gasteiger partial charge in [0.25, 0.3) is 0 Å². The topological polar surface area (TPSA) is 133 Å². The van der Waals surface area contributed by atoms with Crippen LogP contribution in [0.3, 0.4) is 0 Å². The molecular weight excluding hydrogens is 164 g/mol. The lowest BCUT2D eigenvalue weighted by molar-refractivity contribution is -0.149. The summed E-state index contributed by atoms with van der Waals surface area (Å²) in [6.07, 6.45) is -5.46. The predicted octanol–water partition coefficient (Wildman–Crippen LogP) is -3.90. The molecule has 8 N–H and O–H groups in total. The Labute approximate surface area is 69.4 Å². The summed E-state index contributed by atoms with van der Waals surface area (Å²) >= 11 is 0. The minimum Gasteiger partial charge on any atom is -0.389 e. The van der Waals surface area contributed by atoms with Gasteiger partial charge < -0.3 is 31.9 Å². The van der Waals surface area contributed by atoms with Crippen molar-refractivity contribution in [2.24, 2.45) is 11.5 Å². The molecule has 1 aliphatic carbocycles. The summed E-state index contributed by atoms with van der Waals surface area (Å²) in [6, 6.07) is -1.84. The minimum atomic E-state index is -1.44. The number of rotatable bonds is 0. The first kappa shape index (κ1) is 9.85. The standard InChI is InChI=1S/C6H14N2O4/c7-1-2(8)4(10)6(12)5(11)3(1)9/h1-6,9-12H,7-8H2. The largest absolute Gasteiger partial charge is 0.389 e. The van der Waals surface area contributed by atoms with Crippen molar-refractivity contribution in [3.8, 4) is 0 Å². The fourth-order valence-electron chi connectivity index (χ4n) is 1.31. The van der Waals surface area contributed by atoms with Crippen LogP contribution in [0.1, 0.15) is 0 Å². The molecule has 0 aromatic heterocycles.